The number of nitrogens with zero attached hydrogens (tertiary/aromatic N) is 2. The third-order valence-corrected chi connectivity index (χ3v) is 7.25. The lowest BCUT2D eigenvalue weighted by Crippen LogP contribution is -2.47. The predicted octanol–water partition coefficient (Wildman–Crippen LogP) is 2.22. The number of amides is 2. The first-order valence-electron chi connectivity index (χ1n) is 9.91. The van der Waals surface area contributed by atoms with E-state index in [9.17, 15) is 18.0 Å². The van der Waals surface area contributed by atoms with Gasteiger partial charge in [0.2, 0.25) is 11.8 Å². The molecule has 30 heavy (non-hydrogen) atoms. The van der Waals surface area contributed by atoms with E-state index in [-0.39, 0.29) is 29.2 Å². The van der Waals surface area contributed by atoms with Crippen LogP contribution in [0.4, 0.5) is 5.69 Å². The topological polar surface area (TPSA) is 101 Å². The number of carbonyl (C=O) groups excluding carboxylic acids is 2. The zero-order valence-corrected chi connectivity index (χ0v) is 18.1. The van der Waals surface area contributed by atoms with Gasteiger partial charge in [-0.2, -0.15) is 0 Å². The van der Waals surface area contributed by atoms with E-state index in [0.29, 0.717) is 31.6 Å². The number of hydrogen-bond acceptors (Lipinski definition) is 4. The molecule has 3 rings (SSSR count). The van der Waals surface area contributed by atoms with Crippen molar-refractivity contribution in [2.75, 3.05) is 23.9 Å². The summed E-state index contributed by atoms with van der Waals surface area (Å²) in [5.74, 6) is -0.891. The highest BCUT2D eigenvalue weighted by Gasteiger charge is 2.31. The van der Waals surface area contributed by atoms with Crippen molar-refractivity contribution in [3.8, 4) is 0 Å². The van der Waals surface area contributed by atoms with Gasteiger partial charge in [0.05, 0.1) is 10.6 Å². The molecule has 160 valence electrons. The number of nitrogens with two attached hydrogens (primary N) is 1. The first-order chi connectivity index (χ1) is 14.2. The highest BCUT2D eigenvalue weighted by Crippen LogP contribution is 2.25. The second-order valence-electron chi connectivity index (χ2n) is 7.72. The monoisotopic (exact) mass is 429 g/mol. The average molecular weight is 430 g/mol. The number of hydrogen-bond donors (Lipinski definition) is 1. The van der Waals surface area contributed by atoms with Gasteiger partial charge in [-0.3, -0.25) is 13.9 Å². The maximum absolute atomic E-state index is 13.4. The van der Waals surface area contributed by atoms with Crippen molar-refractivity contribution in [1.82, 2.24) is 4.90 Å². The zero-order valence-electron chi connectivity index (χ0n) is 17.2. The van der Waals surface area contributed by atoms with Gasteiger partial charge in [-0.05, 0) is 51.0 Å². The lowest BCUT2D eigenvalue weighted by molar-refractivity contribution is -0.133. The first kappa shape index (κ1) is 21.8. The molecule has 0 saturated carbocycles. The lowest BCUT2D eigenvalue weighted by Gasteiger charge is -2.33. The molecule has 1 saturated heterocycles. The van der Waals surface area contributed by atoms with Crippen molar-refractivity contribution >= 4 is 27.5 Å². The van der Waals surface area contributed by atoms with Crippen LogP contribution in [0.25, 0.3) is 0 Å². The third kappa shape index (κ3) is 4.81. The Bertz CT molecular complexity index is 1010. The van der Waals surface area contributed by atoms with Crippen molar-refractivity contribution < 1.29 is 18.0 Å². The maximum atomic E-state index is 13.4. The van der Waals surface area contributed by atoms with Gasteiger partial charge in [0, 0.05) is 19.0 Å². The number of piperidine rings is 1. The van der Waals surface area contributed by atoms with Crippen molar-refractivity contribution in [3.05, 3.63) is 59.7 Å². The first-order valence-corrected chi connectivity index (χ1v) is 11.4. The SMILES string of the molecule is Cc1ccc(N(CC(=O)N2CCC(C(N)=O)CC2)S(=O)(=O)c2ccc(C)cc2)cc1. The van der Waals surface area contributed by atoms with Gasteiger partial charge in [0.25, 0.3) is 10.0 Å². The maximum Gasteiger partial charge on any atom is 0.264 e. The molecule has 2 aromatic carbocycles. The number of anilines is 1. The molecule has 1 fully saturated rings. The number of primary amides is 1. The van der Waals surface area contributed by atoms with Crippen LogP contribution in [0.2, 0.25) is 0 Å². The molecule has 0 spiro atoms. The van der Waals surface area contributed by atoms with Gasteiger partial charge in [0.15, 0.2) is 0 Å². The van der Waals surface area contributed by atoms with Gasteiger partial charge >= 0.3 is 0 Å². The van der Waals surface area contributed by atoms with Crippen LogP contribution >= 0.6 is 0 Å². The Kier molecular flexibility index (Phi) is 6.45. The lowest BCUT2D eigenvalue weighted by atomic mass is 9.96. The highest BCUT2D eigenvalue weighted by atomic mass is 32.2. The molecule has 0 aromatic heterocycles. The van der Waals surface area contributed by atoms with Crippen LogP contribution in [0.15, 0.2) is 53.4 Å². The summed E-state index contributed by atoms with van der Waals surface area (Å²) in [6, 6.07) is 13.6. The number of likely N-dealkylation sites (tertiary alicyclic amines) is 1. The molecule has 2 N–H and O–H groups in total. The minimum absolute atomic E-state index is 0.133. The molecule has 1 heterocycles. The fourth-order valence-corrected chi connectivity index (χ4v) is 4.91. The fourth-order valence-electron chi connectivity index (χ4n) is 3.50. The number of benzene rings is 2. The van der Waals surface area contributed by atoms with Gasteiger partial charge in [-0.1, -0.05) is 35.4 Å². The standard InChI is InChI=1S/C22H27N3O4S/c1-16-3-7-19(8-4-16)25(30(28,29)20-9-5-17(2)6-10-20)15-21(26)24-13-11-18(12-14-24)22(23)27/h3-10,18H,11-15H2,1-2H3,(H2,23,27). The molecule has 0 bridgehead atoms. The van der Waals surface area contributed by atoms with Gasteiger partial charge in [0.1, 0.15) is 6.54 Å². The Morgan fingerprint density at radius 3 is 1.97 bits per heavy atom. The summed E-state index contributed by atoms with van der Waals surface area (Å²) in [6.07, 6.45) is 0.993. The summed E-state index contributed by atoms with van der Waals surface area (Å²) >= 11 is 0. The summed E-state index contributed by atoms with van der Waals surface area (Å²) in [5.41, 5.74) is 7.73. The molecular weight excluding hydrogens is 402 g/mol. The quantitative estimate of drug-likeness (QED) is 0.761. The second-order valence-corrected chi connectivity index (χ2v) is 9.58. The van der Waals surface area contributed by atoms with Crippen LogP contribution in [-0.4, -0.2) is 44.8 Å². The second kappa shape index (κ2) is 8.87. The number of sulfonamides is 1. The van der Waals surface area contributed by atoms with Gasteiger partial charge < -0.3 is 10.6 Å². The van der Waals surface area contributed by atoms with Crippen LogP contribution in [0, 0.1) is 19.8 Å². The minimum atomic E-state index is -3.93. The van der Waals surface area contributed by atoms with Crippen LogP contribution in [0.3, 0.4) is 0 Å². The van der Waals surface area contributed by atoms with Crippen molar-refractivity contribution in [1.29, 1.82) is 0 Å². The summed E-state index contributed by atoms with van der Waals surface area (Å²) in [6.45, 7) is 4.27. The molecule has 2 amide bonds. The van der Waals surface area contributed by atoms with Gasteiger partial charge in [-0.25, -0.2) is 8.42 Å². The molecule has 0 aliphatic carbocycles. The summed E-state index contributed by atoms with van der Waals surface area (Å²) in [7, 11) is -3.93. The average Bonchev–Trinajstić information content (AvgIpc) is 2.73. The molecule has 0 atom stereocenters. The molecule has 0 radical (unpaired) electrons. The molecule has 7 nitrogen and oxygen atoms in total. The van der Waals surface area contributed by atoms with Crippen molar-refractivity contribution in [2.24, 2.45) is 11.7 Å². The number of aryl methyl sites for hydroxylation is 2. The van der Waals surface area contributed by atoms with Crippen LogP contribution < -0.4 is 10.0 Å². The molecule has 8 heteroatoms. The van der Waals surface area contributed by atoms with Crippen molar-refractivity contribution in [2.45, 2.75) is 31.6 Å². The minimum Gasteiger partial charge on any atom is -0.369 e. The molecular formula is C22H27N3O4S. The van der Waals surface area contributed by atoms with E-state index in [4.69, 9.17) is 5.73 Å². The Hall–Kier alpha value is -2.87. The van der Waals surface area contributed by atoms with Crippen LogP contribution in [-0.2, 0) is 19.6 Å². The summed E-state index contributed by atoms with van der Waals surface area (Å²) in [5, 5.41) is 0. The Morgan fingerprint density at radius 2 is 1.47 bits per heavy atom. The third-order valence-electron chi connectivity index (χ3n) is 5.46. The Balaban J connectivity index is 1.87. The zero-order chi connectivity index (χ0) is 21.9. The molecule has 1 aliphatic heterocycles. The number of carbonyl (C=O) groups is 2. The van der Waals surface area contributed by atoms with E-state index in [2.05, 4.69) is 0 Å². The van der Waals surface area contributed by atoms with E-state index in [1.165, 1.54) is 0 Å². The Morgan fingerprint density at radius 1 is 0.967 bits per heavy atom. The molecule has 0 unspecified atom stereocenters. The van der Waals surface area contributed by atoms with Crippen molar-refractivity contribution in [3.63, 3.8) is 0 Å². The summed E-state index contributed by atoms with van der Waals surface area (Å²) in [4.78, 5) is 26.1. The van der Waals surface area contributed by atoms with Crippen LogP contribution in [0.5, 0.6) is 0 Å². The van der Waals surface area contributed by atoms with Gasteiger partial charge in [-0.15, -0.1) is 0 Å². The normalized spacial score (nSPS) is 15.1. The van der Waals surface area contributed by atoms with E-state index >= 15 is 0 Å². The van der Waals surface area contributed by atoms with E-state index in [1.54, 1.807) is 41.3 Å². The van der Waals surface area contributed by atoms with Crippen LogP contribution in [0.1, 0.15) is 24.0 Å². The van der Waals surface area contributed by atoms with E-state index < -0.39 is 10.0 Å². The highest BCUT2D eigenvalue weighted by molar-refractivity contribution is 7.92. The van der Waals surface area contributed by atoms with E-state index in [0.717, 1.165) is 15.4 Å². The predicted molar refractivity (Wildman–Crippen MR) is 115 cm³/mol. The molecule has 1 aliphatic rings. The summed E-state index contributed by atoms with van der Waals surface area (Å²) < 4.78 is 27.9. The smallest absolute Gasteiger partial charge is 0.264 e. The molecule has 2 aromatic rings. The largest absolute Gasteiger partial charge is 0.369 e. The van der Waals surface area contributed by atoms with E-state index in [1.807, 2.05) is 26.0 Å². The Labute approximate surface area is 177 Å². The fraction of sp³-hybridized carbons (Fsp3) is 0.364. The number of rotatable bonds is 6.